The highest BCUT2D eigenvalue weighted by molar-refractivity contribution is 5.55. The van der Waals surface area contributed by atoms with Gasteiger partial charge in [-0.1, -0.05) is 30.4 Å². The predicted octanol–water partition coefficient (Wildman–Crippen LogP) is 3.60. The fourth-order valence-electron chi connectivity index (χ4n) is 1.81. The average molecular weight is 221 g/mol. The van der Waals surface area contributed by atoms with Gasteiger partial charge in [-0.2, -0.15) is 8.78 Å². The third kappa shape index (κ3) is 1.85. The molecule has 1 aromatic rings. The Morgan fingerprint density at radius 1 is 1.25 bits per heavy atom. The Balaban J connectivity index is 2.33. The zero-order valence-corrected chi connectivity index (χ0v) is 8.98. The first-order chi connectivity index (χ1) is 7.65. The molecule has 1 atom stereocenters. The number of nitrogens with zero attached hydrogens (tertiary/aromatic N) is 1. The molecule has 16 heavy (non-hydrogen) atoms. The van der Waals surface area contributed by atoms with Gasteiger partial charge in [0.25, 0.3) is 5.92 Å². The van der Waals surface area contributed by atoms with Crippen molar-refractivity contribution >= 4 is 5.69 Å². The minimum atomic E-state index is -2.80. The molecule has 2 rings (SSSR count). The van der Waals surface area contributed by atoms with Gasteiger partial charge in [0.05, 0.1) is 0 Å². The second-order valence-electron chi connectivity index (χ2n) is 3.70. The molecule has 0 aromatic heterocycles. The van der Waals surface area contributed by atoms with E-state index in [9.17, 15) is 8.78 Å². The van der Waals surface area contributed by atoms with Crippen molar-refractivity contribution in [3.63, 3.8) is 0 Å². The van der Waals surface area contributed by atoms with E-state index in [0.717, 1.165) is 11.8 Å². The molecule has 0 saturated carbocycles. The molecule has 0 spiro atoms. The molecular formula is C13H13F2N. The fraction of sp³-hybridized carbons (Fsp3) is 0.231. The van der Waals surface area contributed by atoms with Crippen LogP contribution in [0.5, 0.6) is 0 Å². The highest BCUT2D eigenvalue weighted by atomic mass is 19.3. The Morgan fingerprint density at radius 3 is 2.56 bits per heavy atom. The summed E-state index contributed by atoms with van der Waals surface area (Å²) in [6.45, 7) is 1.75. The summed E-state index contributed by atoms with van der Waals surface area (Å²) in [5.74, 6) is -2.80. The molecule has 1 heterocycles. The lowest BCUT2D eigenvalue weighted by molar-refractivity contribution is 0.0501. The van der Waals surface area contributed by atoms with Crippen LogP contribution in [0.4, 0.5) is 14.5 Å². The zero-order valence-electron chi connectivity index (χ0n) is 8.98. The molecule has 0 N–H and O–H groups in total. The maximum atomic E-state index is 13.6. The summed E-state index contributed by atoms with van der Waals surface area (Å²) in [6, 6.07) is 8.27. The average Bonchev–Trinajstić information content (AvgIpc) is 2.57. The number of hydrogen-bond acceptors (Lipinski definition) is 1. The molecule has 1 aliphatic rings. The third-order valence-corrected chi connectivity index (χ3v) is 2.58. The van der Waals surface area contributed by atoms with Crippen LogP contribution < -0.4 is 4.90 Å². The second-order valence-corrected chi connectivity index (χ2v) is 3.70. The van der Waals surface area contributed by atoms with Gasteiger partial charge in [0.15, 0.2) is 0 Å². The number of rotatable bonds is 2. The topological polar surface area (TPSA) is 3.24 Å². The molecule has 3 heteroatoms. The number of para-hydroxylation sites is 1. The van der Waals surface area contributed by atoms with Gasteiger partial charge in [0, 0.05) is 18.0 Å². The van der Waals surface area contributed by atoms with Crippen molar-refractivity contribution in [2.75, 3.05) is 4.90 Å². The smallest absolute Gasteiger partial charge is 0.291 e. The molecule has 0 amide bonds. The Kier molecular flexibility index (Phi) is 2.77. The van der Waals surface area contributed by atoms with Gasteiger partial charge < -0.3 is 4.90 Å². The van der Waals surface area contributed by atoms with Crippen LogP contribution in [-0.4, -0.2) is 12.0 Å². The maximum absolute atomic E-state index is 13.6. The Labute approximate surface area is 93.7 Å². The summed E-state index contributed by atoms with van der Waals surface area (Å²) in [5.41, 5.74) is 0.777. The highest BCUT2D eigenvalue weighted by Gasteiger charge is 2.43. The van der Waals surface area contributed by atoms with E-state index in [1.54, 1.807) is 17.9 Å². The van der Waals surface area contributed by atoms with E-state index in [1.807, 2.05) is 30.3 Å². The molecule has 1 aromatic carbocycles. The van der Waals surface area contributed by atoms with Crippen LogP contribution in [0.1, 0.15) is 6.92 Å². The van der Waals surface area contributed by atoms with Gasteiger partial charge in [-0.25, -0.2) is 0 Å². The zero-order chi connectivity index (χ0) is 11.6. The Hall–Kier alpha value is -1.64. The van der Waals surface area contributed by atoms with Crippen molar-refractivity contribution in [2.24, 2.45) is 0 Å². The first kappa shape index (κ1) is 10.9. The predicted molar refractivity (Wildman–Crippen MR) is 61.6 cm³/mol. The number of hydrogen-bond donors (Lipinski definition) is 0. The van der Waals surface area contributed by atoms with Gasteiger partial charge in [-0.05, 0) is 19.1 Å². The molecule has 0 fully saturated rings. The van der Waals surface area contributed by atoms with Crippen LogP contribution in [0.15, 0.2) is 54.8 Å². The van der Waals surface area contributed by atoms with E-state index in [2.05, 4.69) is 0 Å². The van der Waals surface area contributed by atoms with Crippen LogP contribution in [-0.2, 0) is 0 Å². The van der Waals surface area contributed by atoms with E-state index in [-0.39, 0.29) is 0 Å². The molecule has 1 aliphatic heterocycles. The molecular weight excluding hydrogens is 208 g/mol. The van der Waals surface area contributed by atoms with Crippen LogP contribution in [0, 0.1) is 0 Å². The Morgan fingerprint density at radius 2 is 1.94 bits per heavy atom. The molecule has 0 aliphatic carbocycles. The van der Waals surface area contributed by atoms with E-state index < -0.39 is 12.0 Å². The van der Waals surface area contributed by atoms with Crippen molar-refractivity contribution in [1.82, 2.24) is 0 Å². The largest absolute Gasteiger partial charge is 0.335 e. The minimum absolute atomic E-state index is 0.777. The lowest BCUT2D eigenvalue weighted by atomic mass is 10.1. The summed E-state index contributed by atoms with van der Waals surface area (Å²) < 4.78 is 27.1. The van der Waals surface area contributed by atoms with Crippen molar-refractivity contribution in [2.45, 2.75) is 18.9 Å². The summed E-state index contributed by atoms with van der Waals surface area (Å²) in [4.78, 5) is 1.58. The molecule has 84 valence electrons. The van der Waals surface area contributed by atoms with Crippen molar-refractivity contribution < 1.29 is 8.78 Å². The van der Waals surface area contributed by atoms with E-state index in [0.29, 0.717) is 0 Å². The number of benzene rings is 1. The van der Waals surface area contributed by atoms with Crippen molar-refractivity contribution in [3.05, 3.63) is 54.8 Å². The molecule has 1 unspecified atom stereocenters. The summed E-state index contributed by atoms with van der Waals surface area (Å²) in [6.07, 6.45) is 5.57. The maximum Gasteiger partial charge on any atom is 0.291 e. The van der Waals surface area contributed by atoms with Crippen LogP contribution >= 0.6 is 0 Å². The first-order valence-corrected chi connectivity index (χ1v) is 5.18. The lowest BCUT2D eigenvalue weighted by Gasteiger charge is -2.26. The number of anilines is 1. The van der Waals surface area contributed by atoms with Crippen molar-refractivity contribution in [3.8, 4) is 0 Å². The highest BCUT2D eigenvalue weighted by Crippen LogP contribution is 2.35. The van der Waals surface area contributed by atoms with Gasteiger partial charge in [0.2, 0.25) is 0 Å². The van der Waals surface area contributed by atoms with Crippen molar-refractivity contribution in [1.29, 1.82) is 0 Å². The normalized spacial score (nSPS) is 23.2. The second kappa shape index (κ2) is 4.08. The molecule has 0 radical (unpaired) electrons. The fourth-order valence-corrected chi connectivity index (χ4v) is 1.81. The van der Waals surface area contributed by atoms with E-state index >= 15 is 0 Å². The lowest BCUT2D eigenvalue weighted by Crippen LogP contribution is -2.37. The minimum Gasteiger partial charge on any atom is -0.335 e. The molecule has 0 bridgehead atoms. The SMILES string of the molecule is CC=CC1N(c2ccccc2)C=CC1(F)F. The van der Waals surface area contributed by atoms with Crippen LogP contribution in [0.2, 0.25) is 0 Å². The summed E-state index contributed by atoms with van der Waals surface area (Å²) in [5, 5.41) is 0. The Bertz CT molecular complexity index is 409. The van der Waals surface area contributed by atoms with Gasteiger partial charge >= 0.3 is 0 Å². The van der Waals surface area contributed by atoms with Gasteiger partial charge in [-0.15, -0.1) is 0 Å². The number of allylic oxidation sites excluding steroid dienone is 1. The van der Waals surface area contributed by atoms with Crippen LogP contribution in [0.25, 0.3) is 0 Å². The van der Waals surface area contributed by atoms with Gasteiger partial charge in [0.1, 0.15) is 6.04 Å². The molecule has 1 nitrogen and oxygen atoms in total. The number of halogens is 2. The monoisotopic (exact) mass is 221 g/mol. The summed E-state index contributed by atoms with van der Waals surface area (Å²) >= 11 is 0. The van der Waals surface area contributed by atoms with Crippen LogP contribution in [0.3, 0.4) is 0 Å². The van der Waals surface area contributed by atoms with Gasteiger partial charge in [-0.3, -0.25) is 0 Å². The van der Waals surface area contributed by atoms with E-state index in [1.165, 1.54) is 12.3 Å². The quantitative estimate of drug-likeness (QED) is 0.690. The van der Waals surface area contributed by atoms with E-state index in [4.69, 9.17) is 0 Å². The molecule has 0 saturated heterocycles. The number of alkyl halides is 2. The standard InChI is InChI=1S/C13H13F2N/c1-2-6-12-13(14,15)9-10-16(12)11-7-4-3-5-8-11/h2-10,12H,1H3. The first-order valence-electron chi connectivity index (χ1n) is 5.18. The summed E-state index contributed by atoms with van der Waals surface area (Å²) in [7, 11) is 0. The third-order valence-electron chi connectivity index (χ3n) is 2.58.